The van der Waals surface area contributed by atoms with E-state index >= 15 is 0 Å². The Morgan fingerprint density at radius 2 is 1.83 bits per heavy atom. The standard InChI is InChI=1S/C9H11F2N/c1-6-4-2-3-5-7(6)8(12)9(10)11/h2-5,8-9H,12H2,1H3. The molecular formula is C9H11F2N. The third-order valence-corrected chi connectivity index (χ3v) is 1.82. The second-order valence-electron chi connectivity index (χ2n) is 2.72. The second kappa shape index (κ2) is 3.63. The highest BCUT2D eigenvalue weighted by molar-refractivity contribution is 5.28. The van der Waals surface area contributed by atoms with E-state index in [2.05, 4.69) is 0 Å². The molecule has 12 heavy (non-hydrogen) atoms. The predicted molar refractivity (Wildman–Crippen MR) is 44.1 cm³/mol. The number of aryl methyl sites for hydroxylation is 1. The maximum Gasteiger partial charge on any atom is 0.257 e. The van der Waals surface area contributed by atoms with Crippen LogP contribution in [0.25, 0.3) is 0 Å². The van der Waals surface area contributed by atoms with E-state index < -0.39 is 12.5 Å². The monoisotopic (exact) mass is 171 g/mol. The maximum atomic E-state index is 12.2. The molecule has 1 rings (SSSR count). The lowest BCUT2D eigenvalue weighted by molar-refractivity contribution is 0.116. The smallest absolute Gasteiger partial charge is 0.257 e. The van der Waals surface area contributed by atoms with E-state index in [4.69, 9.17) is 5.73 Å². The topological polar surface area (TPSA) is 26.0 Å². The van der Waals surface area contributed by atoms with Gasteiger partial charge in [0.25, 0.3) is 6.43 Å². The van der Waals surface area contributed by atoms with Crippen LogP contribution in [0.1, 0.15) is 17.2 Å². The number of rotatable bonds is 2. The largest absolute Gasteiger partial charge is 0.319 e. The lowest BCUT2D eigenvalue weighted by atomic mass is 10.0. The molecule has 1 nitrogen and oxygen atoms in total. The molecule has 0 bridgehead atoms. The van der Waals surface area contributed by atoms with E-state index in [0.29, 0.717) is 5.56 Å². The average Bonchev–Trinajstić information content (AvgIpc) is 2.04. The minimum Gasteiger partial charge on any atom is -0.319 e. The Labute approximate surface area is 70.2 Å². The Morgan fingerprint density at radius 3 is 2.33 bits per heavy atom. The van der Waals surface area contributed by atoms with Crippen molar-refractivity contribution >= 4 is 0 Å². The lowest BCUT2D eigenvalue weighted by Crippen LogP contribution is -2.19. The molecule has 1 aromatic rings. The quantitative estimate of drug-likeness (QED) is 0.725. The van der Waals surface area contributed by atoms with Gasteiger partial charge in [-0.25, -0.2) is 8.78 Å². The van der Waals surface area contributed by atoms with Gasteiger partial charge in [0.05, 0.1) is 6.04 Å². The Hall–Kier alpha value is -0.960. The predicted octanol–water partition coefficient (Wildman–Crippen LogP) is 2.26. The summed E-state index contributed by atoms with van der Waals surface area (Å²) in [7, 11) is 0. The van der Waals surface area contributed by atoms with E-state index in [-0.39, 0.29) is 0 Å². The summed E-state index contributed by atoms with van der Waals surface area (Å²) in [5, 5.41) is 0. The van der Waals surface area contributed by atoms with Crippen LogP contribution >= 0.6 is 0 Å². The Balaban J connectivity index is 2.94. The molecule has 0 heterocycles. The van der Waals surface area contributed by atoms with Gasteiger partial charge in [0, 0.05) is 0 Å². The Bertz CT molecular complexity index is 260. The summed E-state index contributed by atoms with van der Waals surface area (Å²) in [6.07, 6.45) is -2.49. The van der Waals surface area contributed by atoms with Crippen LogP contribution in [-0.4, -0.2) is 6.43 Å². The van der Waals surface area contributed by atoms with Crippen molar-refractivity contribution in [3.05, 3.63) is 35.4 Å². The molecule has 0 saturated carbocycles. The van der Waals surface area contributed by atoms with Crippen LogP contribution in [0.5, 0.6) is 0 Å². The summed E-state index contributed by atoms with van der Waals surface area (Å²) < 4.78 is 24.3. The second-order valence-corrected chi connectivity index (χ2v) is 2.72. The minimum atomic E-state index is -2.49. The molecule has 0 aliphatic heterocycles. The van der Waals surface area contributed by atoms with Crippen molar-refractivity contribution in [2.45, 2.75) is 19.4 Å². The highest BCUT2D eigenvalue weighted by Gasteiger charge is 2.18. The highest BCUT2D eigenvalue weighted by Crippen LogP contribution is 2.20. The molecule has 0 amide bonds. The van der Waals surface area contributed by atoms with Crippen LogP contribution in [0.15, 0.2) is 24.3 Å². The van der Waals surface area contributed by atoms with Gasteiger partial charge in [-0.15, -0.1) is 0 Å². The zero-order chi connectivity index (χ0) is 9.14. The van der Waals surface area contributed by atoms with E-state index in [9.17, 15) is 8.78 Å². The summed E-state index contributed by atoms with van der Waals surface area (Å²) >= 11 is 0. The van der Waals surface area contributed by atoms with Crippen LogP contribution < -0.4 is 5.73 Å². The van der Waals surface area contributed by atoms with Crippen molar-refractivity contribution in [2.24, 2.45) is 5.73 Å². The van der Waals surface area contributed by atoms with Crippen LogP contribution in [0.4, 0.5) is 8.78 Å². The molecule has 0 fully saturated rings. The average molecular weight is 171 g/mol. The summed E-state index contributed by atoms with van der Waals surface area (Å²) in [5.41, 5.74) is 6.62. The van der Waals surface area contributed by atoms with Gasteiger partial charge < -0.3 is 5.73 Å². The van der Waals surface area contributed by atoms with E-state index in [1.807, 2.05) is 0 Å². The summed E-state index contributed by atoms with van der Waals surface area (Å²) in [6.45, 7) is 1.78. The van der Waals surface area contributed by atoms with Gasteiger partial charge >= 0.3 is 0 Å². The van der Waals surface area contributed by atoms with Gasteiger partial charge in [-0.2, -0.15) is 0 Å². The fraction of sp³-hybridized carbons (Fsp3) is 0.333. The van der Waals surface area contributed by atoms with E-state index in [0.717, 1.165) is 5.56 Å². The number of alkyl halides is 2. The fourth-order valence-corrected chi connectivity index (χ4v) is 1.10. The van der Waals surface area contributed by atoms with Crippen LogP contribution in [0.3, 0.4) is 0 Å². The SMILES string of the molecule is Cc1ccccc1C(N)C(F)F. The number of halogens is 2. The van der Waals surface area contributed by atoms with Crippen molar-refractivity contribution < 1.29 is 8.78 Å². The summed E-state index contributed by atoms with van der Waals surface area (Å²) in [6, 6.07) is 5.76. The third-order valence-electron chi connectivity index (χ3n) is 1.82. The van der Waals surface area contributed by atoms with Crippen LogP contribution in [-0.2, 0) is 0 Å². The van der Waals surface area contributed by atoms with Crippen molar-refractivity contribution in [1.29, 1.82) is 0 Å². The molecule has 1 atom stereocenters. The van der Waals surface area contributed by atoms with Gasteiger partial charge in [-0.05, 0) is 18.1 Å². The minimum absolute atomic E-state index is 0.521. The first-order valence-corrected chi connectivity index (χ1v) is 3.72. The normalized spacial score (nSPS) is 13.4. The first kappa shape index (κ1) is 9.13. The molecular weight excluding hydrogens is 160 g/mol. The molecule has 0 spiro atoms. The molecule has 1 unspecified atom stereocenters. The van der Waals surface area contributed by atoms with Crippen LogP contribution in [0.2, 0.25) is 0 Å². The molecule has 0 aromatic heterocycles. The van der Waals surface area contributed by atoms with Crippen molar-refractivity contribution in [3.8, 4) is 0 Å². The fourth-order valence-electron chi connectivity index (χ4n) is 1.10. The summed E-state index contributed by atoms with van der Waals surface area (Å²) in [5.74, 6) is 0. The highest BCUT2D eigenvalue weighted by atomic mass is 19.3. The van der Waals surface area contributed by atoms with Gasteiger partial charge in [0.15, 0.2) is 0 Å². The van der Waals surface area contributed by atoms with Gasteiger partial charge in [0.2, 0.25) is 0 Å². The Morgan fingerprint density at radius 1 is 1.25 bits per heavy atom. The van der Waals surface area contributed by atoms with Crippen molar-refractivity contribution in [1.82, 2.24) is 0 Å². The number of hydrogen-bond donors (Lipinski definition) is 1. The van der Waals surface area contributed by atoms with E-state index in [1.54, 1.807) is 31.2 Å². The third kappa shape index (κ3) is 1.80. The van der Waals surface area contributed by atoms with Gasteiger partial charge in [-0.1, -0.05) is 24.3 Å². The molecule has 3 heteroatoms. The number of hydrogen-bond acceptors (Lipinski definition) is 1. The molecule has 2 N–H and O–H groups in total. The maximum absolute atomic E-state index is 12.2. The molecule has 0 aliphatic rings. The van der Waals surface area contributed by atoms with Gasteiger partial charge in [-0.3, -0.25) is 0 Å². The molecule has 0 saturated heterocycles. The molecule has 66 valence electrons. The zero-order valence-corrected chi connectivity index (χ0v) is 6.80. The zero-order valence-electron chi connectivity index (χ0n) is 6.80. The van der Waals surface area contributed by atoms with Crippen LogP contribution in [0, 0.1) is 6.92 Å². The van der Waals surface area contributed by atoms with Gasteiger partial charge in [0.1, 0.15) is 0 Å². The lowest BCUT2D eigenvalue weighted by Gasteiger charge is -2.12. The first-order chi connectivity index (χ1) is 5.63. The molecule has 1 aromatic carbocycles. The molecule has 0 radical (unpaired) electrons. The summed E-state index contributed by atoms with van der Waals surface area (Å²) in [4.78, 5) is 0. The Kier molecular flexibility index (Phi) is 2.76. The molecule has 0 aliphatic carbocycles. The van der Waals surface area contributed by atoms with Crippen molar-refractivity contribution in [3.63, 3.8) is 0 Å². The number of nitrogens with two attached hydrogens (primary N) is 1. The van der Waals surface area contributed by atoms with Crippen molar-refractivity contribution in [2.75, 3.05) is 0 Å². The van der Waals surface area contributed by atoms with E-state index in [1.165, 1.54) is 0 Å². The first-order valence-electron chi connectivity index (χ1n) is 3.72. The number of benzene rings is 1.